The number of hydrogen-bond donors (Lipinski definition) is 2. The maximum atomic E-state index is 12.9. The second kappa shape index (κ2) is 7.31. The number of hydrogen-bond acceptors (Lipinski definition) is 5. The van der Waals surface area contributed by atoms with Gasteiger partial charge in [-0.05, 0) is 29.3 Å². The molecule has 2 N–H and O–H groups in total. The Kier molecular flexibility index (Phi) is 4.73. The van der Waals surface area contributed by atoms with Crippen molar-refractivity contribution in [2.24, 2.45) is 0 Å². The molecule has 0 spiro atoms. The van der Waals surface area contributed by atoms with Crippen molar-refractivity contribution in [3.63, 3.8) is 0 Å². The van der Waals surface area contributed by atoms with Crippen LogP contribution in [0, 0.1) is 5.82 Å². The molecule has 0 amide bonds. The fourth-order valence-electron chi connectivity index (χ4n) is 2.04. The number of nitrogens with one attached hydrogen (secondary N) is 2. The minimum Gasteiger partial charge on any atom is -0.366 e. The van der Waals surface area contributed by atoms with E-state index in [1.54, 1.807) is 18.3 Å². The lowest BCUT2D eigenvalue weighted by molar-refractivity contribution is 0.627. The number of aromatic nitrogens is 3. The molecule has 116 valence electrons. The molecule has 0 saturated heterocycles. The van der Waals surface area contributed by atoms with Crippen molar-refractivity contribution in [2.45, 2.75) is 13.1 Å². The molecule has 0 radical (unpaired) electrons. The molecule has 6 heteroatoms. The number of anilines is 2. The summed E-state index contributed by atoms with van der Waals surface area (Å²) in [6, 6.07) is 12.1. The number of pyridine rings is 1. The molecule has 2 aromatic heterocycles. The molecule has 0 aliphatic heterocycles. The van der Waals surface area contributed by atoms with Crippen molar-refractivity contribution >= 4 is 11.6 Å². The highest BCUT2D eigenvalue weighted by Gasteiger charge is 2.00. The molecule has 1 aromatic carbocycles. The Morgan fingerprint density at radius 1 is 0.870 bits per heavy atom. The van der Waals surface area contributed by atoms with Crippen molar-refractivity contribution in [3.05, 3.63) is 78.1 Å². The fourth-order valence-corrected chi connectivity index (χ4v) is 2.04. The minimum atomic E-state index is -0.238. The molecule has 3 aromatic rings. The average Bonchev–Trinajstić information content (AvgIpc) is 2.61. The molecule has 0 unspecified atom stereocenters. The van der Waals surface area contributed by atoms with Crippen molar-refractivity contribution in [3.8, 4) is 0 Å². The summed E-state index contributed by atoms with van der Waals surface area (Å²) in [5, 5.41) is 6.42. The standard InChI is InChI=1S/C17H16FN5/c18-15-5-3-13(4-6-15)10-20-16-8-17(23-12-22-16)21-11-14-2-1-7-19-9-14/h1-9,12H,10-11H2,(H2,20,21,22,23). The van der Waals surface area contributed by atoms with Crippen molar-refractivity contribution in [1.29, 1.82) is 0 Å². The maximum absolute atomic E-state index is 12.9. The third-order valence-electron chi connectivity index (χ3n) is 3.25. The summed E-state index contributed by atoms with van der Waals surface area (Å²) >= 11 is 0. The van der Waals surface area contributed by atoms with Crippen LogP contribution in [0.3, 0.4) is 0 Å². The monoisotopic (exact) mass is 309 g/mol. The summed E-state index contributed by atoms with van der Waals surface area (Å²) in [6.07, 6.45) is 5.05. The predicted octanol–water partition coefficient (Wildman–Crippen LogP) is 3.23. The number of benzene rings is 1. The Hall–Kier alpha value is -3.02. The average molecular weight is 309 g/mol. The zero-order valence-electron chi connectivity index (χ0n) is 12.4. The Balaban J connectivity index is 1.57. The molecular formula is C17H16FN5. The van der Waals surface area contributed by atoms with Gasteiger partial charge in [-0.1, -0.05) is 18.2 Å². The Bertz CT molecular complexity index is 746. The summed E-state index contributed by atoms with van der Waals surface area (Å²) in [5.74, 6) is 1.20. The zero-order chi connectivity index (χ0) is 15.9. The number of rotatable bonds is 6. The first kappa shape index (κ1) is 14.9. The first-order valence-corrected chi connectivity index (χ1v) is 7.23. The van der Waals surface area contributed by atoms with E-state index in [9.17, 15) is 4.39 Å². The van der Waals surface area contributed by atoms with Gasteiger partial charge in [-0.2, -0.15) is 0 Å². The molecule has 23 heavy (non-hydrogen) atoms. The van der Waals surface area contributed by atoms with Crippen LogP contribution in [-0.2, 0) is 13.1 Å². The molecule has 0 fully saturated rings. The van der Waals surface area contributed by atoms with Gasteiger partial charge in [0.25, 0.3) is 0 Å². The van der Waals surface area contributed by atoms with Crippen LogP contribution in [0.5, 0.6) is 0 Å². The quantitative estimate of drug-likeness (QED) is 0.732. The summed E-state index contributed by atoms with van der Waals surface area (Å²) in [6.45, 7) is 1.21. The largest absolute Gasteiger partial charge is 0.366 e. The molecule has 0 saturated carbocycles. The molecule has 5 nitrogen and oxygen atoms in total. The van der Waals surface area contributed by atoms with Gasteiger partial charge >= 0.3 is 0 Å². The van der Waals surface area contributed by atoms with Crippen LogP contribution >= 0.6 is 0 Å². The third-order valence-corrected chi connectivity index (χ3v) is 3.25. The van der Waals surface area contributed by atoms with Gasteiger partial charge in [0, 0.05) is 31.5 Å². The van der Waals surface area contributed by atoms with Gasteiger partial charge in [-0.25, -0.2) is 14.4 Å². The van der Waals surface area contributed by atoms with Gasteiger partial charge in [0.15, 0.2) is 0 Å². The van der Waals surface area contributed by atoms with E-state index in [1.165, 1.54) is 18.5 Å². The lowest BCUT2D eigenvalue weighted by atomic mass is 10.2. The molecule has 0 aliphatic rings. The van der Waals surface area contributed by atoms with Crippen molar-refractivity contribution in [1.82, 2.24) is 15.0 Å². The van der Waals surface area contributed by atoms with Crippen molar-refractivity contribution in [2.75, 3.05) is 10.6 Å². The Morgan fingerprint density at radius 2 is 1.57 bits per heavy atom. The van der Waals surface area contributed by atoms with Gasteiger partial charge in [-0.15, -0.1) is 0 Å². The lowest BCUT2D eigenvalue weighted by Gasteiger charge is -2.08. The van der Waals surface area contributed by atoms with Crippen LogP contribution < -0.4 is 10.6 Å². The highest BCUT2D eigenvalue weighted by Crippen LogP contribution is 2.12. The second-order valence-electron chi connectivity index (χ2n) is 4.98. The second-order valence-corrected chi connectivity index (χ2v) is 4.98. The normalized spacial score (nSPS) is 10.3. The van der Waals surface area contributed by atoms with Crippen LogP contribution in [-0.4, -0.2) is 15.0 Å². The van der Waals surface area contributed by atoms with E-state index >= 15 is 0 Å². The van der Waals surface area contributed by atoms with Gasteiger partial charge in [0.1, 0.15) is 23.8 Å². The molecule has 0 aliphatic carbocycles. The smallest absolute Gasteiger partial charge is 0.131 e. The first-order valence-electron chi connectivity index (χ1n) is 7.23. The molecule has 0 bridgehead atoms. The van der Waals surface area contributed by atoms with E-state index in [0.717, 1.165) is 16.9 Å². The fraction of sp³-hybridized carbons (Fsp3) is 0.118. The van der Waals surface area contributed by atoms with Crippen LogP contribution in [0.2, 0.25) is 0 Å². The predicted molar refractivity (Wildman–Crippen MR) is 87.3 cm³/mol. The first-order chi connectivity index (χ1) is 11.3. The topological polar surface area (TPSA) is 62.7 Å². The maximum Gasteiger partial charge on any atom is 0.131 e. The third kappa shape index (κ3) is 4.47. The molecule has 2 heterocycles. The summed E-state index contributed by atoms with van der Waals surface area (Å²) in [4.78, 5) is 12.4. The van der Waals surface area contributed by atoms with Crippen LogP contribution in [0.4, 0.5) is 16.0 Å². The van der Waals surface area contributed by atoms with Crippen LogP contribution in [0.1, 0.15) is 11.1 Å². The Labute approximate surface area is 133 Å². The minimum absolute atomic E-state index is 0.238. The van der Waals surface area contributed by atoms with Gasteiger partial charge in [0.05, 0.1) is 0 Å². The number of nitrogens with zero attached hydrogens (tertiary/aromatic N) is 3. The van der Waals surface area contributed by atoms with Crippen LogP contribution in [0.15, 0.2) is 61.2 Å². The SMILES string of the molecule is Fc1ccc(CNc2cc(NCc3cccnc3)ncn2)cc1. The summed E-state index contributed by atoms with van der Waals surface area (Å²) in [7, 11) is 0. The summed E-state index contributed by atoms with van der Waals surface area (Å²) in [5.41, 5.74) is 2.06. The Morgan fingerprint density at radius 3 is 2.22 bits per heavy atom. The highest BCUT2D eigenvalue weighted by atomic mass is 19.1. The number of halogens is 1. The van der Waals surface area contributed by atoms with E-state index < -0.39 is 0 Å². The molecule has 3 rings (SSSR count). The van der Waals surface area contributed by atoms with E-state index in [0.29, 0.717) is 18.9 Å². The van der Waals surface area contributed by atoms with E-state index in [-0.39, 0.29) is 5.82 Å². The van der Waals surface area contributed by atoms with E-state index in [2.05, 4.69) is 25.6 Å². The van der Waals surface area contributed by atoms with E-state index in [4.69, 9.17) is 0 Å². The van der Waals surface area contributed by atoms with Crippen molar-refractivity contribution < 1.29 is 4.39 Å². The highest BCUT2D eigenvalue weighted by molar-refractivity contribution is 5.47. The van der Waals surface area contributed by atoms with Crippen LogP contribution in [0.25, 0.3) is 0 Å². The summed E-state index contributed by atoms with van der Waals surface area (Å²) < 4.78 is 12.9. The zero-order valence-corrected chi connectivity index (χ0v) is 12.4. The van der Waals surface area contributed by atoms with E-state index in [1.807, 2.05) is 24.4 Å². The van der Waals surface area contributed by atoms with Gasteiger partial charge in [-0.3, -0.25) is 4.98 Å². The molecule has 0 atom stereocenters. The molecular weight excluding hydrogens is 293 g/mol. The van der Waals surface area contributed by atoms with Gasteiger partial charge < -0.3 is 10.6 Å². The van der Waals surface area contributed by atoms with Gasteiger partial charge in [0.2, 0.25) is 0 Å². The lowest BCUT2D eigenvalue weighted by Crippen LogP contribution is -2.05.